The van der Waals surface area contributed by atoms with Crippen LogP contribution in [0.25, 0.3) is 0 Å². The maximum absolute atomic E-state index is 13.1. The van der Waals surface area contributed by atoms with Gasteiger partial charge >= 0.3 is 12.4 Å². The van der Waals surface area contributed by atoms with Gasteiger partial charge in [-0.15, -0.1) is 0 Å². The summed E-state index contributed by atoms with van der Waals surface area (Å²) in [6, 6.07) is 3.27. The molecule has 5 nitrogen and oxygen atoms in total. The Labute approximate surface area is 150 Å². The third kappa shape index (κ3) is 5.22. The second-order valence-corrected chi connectivity index (χ2v) is 5.79. The first kappa shape index (κ1) is 20.7. The van der Waals surface area contributed by atoms with Gasteiger partial charge in [-0.05, 0) is 31.5 Å². The molecule has 0 fully saturated rings. The molecule has 0 radical (unpaired) electrons. The summed E-state index contributed by atoms with van der Waals surface area (Å²) in [6.45, 7) is 2.31. The Balaban J connectivity index is 2.45. The van der Waals surface area contributed by atoms with E-state index in [0.717, 1.165) is 12.1 Å². The smallest absolute Gasteiger partial charge is 0.394 e. The fourth-order valence-corrected chi connectivity index (χ4v) is 2.20. The third-order valence-electron chi connectivity index (χ3n) is 3.57. The fraction of sp³-hybridized carbons (Fsp3) is 0.375. The van der Waals surface area contributed by atoms with Crippen LogP contribution in [-0.4, -0.2) is 27.7 Å². The summed E-state index contributed by atoms with van der Waals surface area (Å²) in [5, 5.41) is 14.0. The molecule has 11 heteroatoms. The van der Waals surface area contributed by atoms with Crippen molar-refractivity contribution in [3.63, 3.8) is 0 Å². The van der Waals surface area contributed by atoms with Crippen molar-refractivity contribution in [2.75, 3.05) is 17.2 Å². The van der Waals surface area contributed by atoms with Gasteiger partial charge in [-0.1, -0.05) is 6.07 Å². The molecule has 1 atom stereocenters. The van der Waals surface area contributed by atoms with Crippen LogP contribution in [-0.2, 0) is 12.4 Å². The average molecular weight is 394 g/mol. The molecule has 3 N–H and O–H groups in total. The predicted octanol–water partition coefficient (Wildman–Crippen LogP) is 4.36. The SMILES string of the molecule is Cc1c(Nc2cc(C(F)(F)F)nc(N[C@@H](C)CO)n2)cccc1C(F)(F)F. The van der Waals surface area contributed by atoms with Crippen molar-refractivity contribution in [3.8, 4) is 0 Å². The molecule has 0 bridgehead atoms. The normalized spacial score (nSPS) is 13.4. The summed E-state index contributed by atoms with van der Waals surface area (Å²) < 4.78 is 78.2. The summed E-state index contributed by atoms with van der Waals surface area (Å²) >= 11 is 0. The predicted molar refractivity (Wildman–Crippen MR) is 86.7 cm³/mol. The van der Waals surface area contributed by atoms with Gasteiger partial charge in [0.05, 0.1) is 12.2 Å². The highest BCUT2D eigenvalue weighted by molar-refractivity contribution is 5.63. The van der Waals surface area contributed by atoms with E-state index in [0.29, 0.717) is 6.07 Å². The van der Waals surface area contributed by atoms with E-state index in [1.54, 1.807) is 0 Å². The van der Waals surface area contributed by atoms with E-state index in [4.69, 9.17) is 5.11 Å². The van der Waals surface area contributed by atoms with E-state index in [-0.39, 0.29) is 23.7 Å². The van der Waals surface area contributed by atoms with Crippen LogP contribution in [0.1, 0.15) is 23.7 Å². The van der Waals surface area contributed by atoms with Crippen LogP contribution in [0.4, 0.5) is 43.8 Å². The van der Waals surface area contributed by atoms with Crippen molar-refractivity contribution in [2.24, 2.45) is 0 Å². The number of nitrogens with one attached hydrogen (secondary N) is 2. The van der Waals surface area contributed by atoms with Gasteiger partial charge in [0.1, 0.15) is 5.82 Å². The maximum atomic E-state index is 13.1. The lowest BCUT2D eigenvalue weighted by atomic mass is 10.1. The summed E-state index contributed by atoms with van der Waals surface area (Å²) in [5.74, 6) is -0.758. The van der Waals surface area contributed by atoms with Crippen molar-refractivity contribution in [1.29, 1.82) is 0 Å². The van der Waals surface area contributed by atoms with Crippen LogP contribution in [0.2, 0.25) is 0 Å². The lowest BCUT2D eigenvalue weighted by Crippen LogP contribution is -2.22. The number of alkyl halides is 6. The van der Waals surface area contributed by atoms with Crippen LogP contribution in [0.5, 0.6) is 0 Å². The lowest BCUT2D eigenvalue weighted by molar-refractivity contribution is -0.141. The van der Waals surface area contributed by atoms with Gasteiger partial charge in [0, 0.05) is 17.8 Å². The molecular weight excluding hydrogens is 378 g/mol. The van der Waals surface area contributed by atoms with Gasteiger partial charge in [0.25, 0.3) is 0 Å². The van der Waals surface area contributed by atoms with Crippen LogP contribution in [0.3, 0.4) is 0 Å². The molecule has 0 aliphatic rings. The highest BCUT2D eigenvalue weighted by Crippen LogP contribution is 2.36. The van der Waals surface area contributed by atoms with Crippen molar-refractivity contribution < 1.29 is 31.4 Å². The number of aliphatic hydroxyl groups excluding tert-OH is 1. The summed E-state index contributed by atoms with van der Waals surface area (Å²) in [4.78, 5) is 7.17. The molecule has 0 aliphatic carbocycles. The van der Waals surface area contributed by atoms with E-state index in [1.807, 2.05) is 0 Å². The number of hydrogen-bond donors (Lipinski definition) is 3. The van der Waals surface area contributed by atoms with Gasteiger partial charge in [-0.25, -0.2) is 4.98 Å². The van der Waals surface area contributed by atoms with Gasteiger partial charge in [-0.2, -0.15) is 31.3 Å². The average Bonchev–Trinajstić information content (AvgIpc) is 2.54. The topological polar surface area (TPSA) is 70.1 Å². The van der Waals surface area contributed by atoms with Crippen LogP contribution >= 0.6 is 0 Å². The zero-order valence-electron chi connectivity index (χ0n) is 14.2. The largest absolute Gasteiger partial charge is 0.433 e. The minimum Gasteiger partial charge on any atom is -0.394 e. The molecule has 0 amide bonds. The quantitative estimate of drug-likeness (QED) is 0.658. The zero-order valence-corrected chi connectivity index (χ0v) is 14.2. The van der Waals surface area contributed by atoms with Crippen LogP contribution in [0.15, 0.2) is 24.3 Å². The monoisotopic (exact) mass is 394 g/mol. The van der Waals surface area contributed by atoms with E-state index in [2.05, 4.69) is 20.6 Å². The van der Waals surface area contributed by atoms with Crippen molar-refractivity contribution in [3.05, 3.63) is 41.1 Å². The second-order valence-electron chi connectivity index (χ2n) is 5.79. The van der Waals surface area contributed by atoms with Crippen molar-refractivity contribution in [2.45, 2.75) is 32.2 Å². The molecule has 27 heavy (non-hydrogen) atoms. The Bertz CT molecular complexity index is 806. The van der Waals surface area contributed by atoms with Crippen LogP contribution in [0, 0.1) is 6.92 Å². The molecule has 1 aromatic carbocycles. The summed E-state index contributed by atoms with van der Waals surface area (Å²) in [7, 11) is 0. The molecule has 0 aliphatic heterocycles. The number of aliphatic hydroxyl groups is 1. The molecule has 0 spiro atoms. The highest BCUT2D eigenvalue weighted by Gasteiger charge is 2.35. The van der Waals surface area contributed by atoms with Gasteiger partial charge in [0.15, 0.2) is 5.69 Å². The number of anilines is 3. The lowest BCUT2D eigenvalue weighted by Gasteiger charge is -2.17. The molecule has 0 saturated heterocycles. The Morgan fingerprint density at radius 2 is 1.74 bits per heavy atom. The summed E-state index contributed by atoms with van der Waals surface area (Å²) in [5.41, 5.74) is -2.42. The number of halogens is 6. The molecule has 2 rings (SSSR count). The molecular formula is C16H16F6N4O. The van der Waals surface area contributed by atoms with Crippen molar-refractivity contribution in [1.82, 2.24) is 9.97 Å². The molecule has 0 saturated carbocycles. The molecule has 148 valence electrons. The maximum Gasteiger partial charge on any atom is 0.433 e. The first-order valence-electron chi connectivity index (χ1n) is 7.69. The Hall–Kier alpha value is -2.56. The first-order chi connectivity index (χ1) is 12.4. The number of benzene rings is 1. The van der Waals surface area contributed by atoms with E-state index in [1.165, 1.54) is 19.9 Å². The van der Waals surface area contributed by atoms with Gasteiger partial charge in [0.2, 0.25) is 5.95 Å². The van der Waals surface area contributed by atoms with Gasteiger partial charge < -0.3 is 15.7 Å². The first-order valence-corrected chi connectivity index (χ1v) is 7.69. The third-order valence-corrected chi connectivity index (χ3v) is 3.57. The molecule has 2 aromatic rings. The Morgan fingerprint density at radius 1 is 1.07 bits per heavy atom. The number of rotatable bonds is 5. The molecule has 1 aromatic heterocycles. The Kier molecular flexibility index (Phi) is 5.83. The fourth-order valence-electron chi connectivity index (χ4n) is 2.20. The number of hydrogen-bond acceptors (Lipinski definition) is 5. The van der Waals surface area contributed by atoms with Crippen molar-refractivity contribution >= 4 is 17.5 Å². The van der Waals surface area contributed by atoms with E-state index >= 15 is 0 Å². The van der Waals surface area contributed by atoms with E-state index in [9.17, 15) is 26.3 Å². The second kappa shape index (κ2) is 7.59. The minimum absolute atomic E-state index is 0.0437. The zero-order chi connectivity index (χ0) is 20.4. The highest BCUT2D eigenvalue weighted by atomic mass is 19.4. The minimum atomic E-state index is -4.79. The number of nitrogens with zero attached hydrogens (tertiary/aromatic N) is 2. The van der Waals surface area contributed by atoms with E-state index < -0.39 is 35.6 Å². The Morgan fingerprint density at radius 3 is 2.30 bits per heavy atom. The molecule has 1 heterocycles. The van der Waals surface area contributed by atoms with Gasteiger partial charge in [-0.3, -0.25) is 0 Å². The van der Waals surface area contributed by atoms with Crippen LogP contribution < -0.4 is 10.6 Å². The summed E-state index contributed by atoms with van der Waals surface area (Å²) in [6.07, 6.45) is -9.39. The standard InChI is InChI=1S/C16H16F6N4O/c1-8(7-27)23-14-25-12(16(20,21)22)6-13(26-14)24-11-5-3-4-10(9(11)2)15(17,18)19/h3-6,8,27H,7H2,1-2H3,(H2,23,24,25,26)/t8-/m0/s1. The molecule has 0 unspecified atom stereocenters. The number of aromatic nitrogens is 2.